The molecule has 3 nitrogen and oxygen atoms in total. The first-order chi connectivity index (χ1) is 7.63. The number of nitrogens with one attached hydrogen (secondary N) is 1. The second-order valence-electron chi connectivity index (χ2n) is 3.29. The molecule has 0 radical (unpaired) electrons. The highest BCUT2D eigenvalue weighted by Gasteiger charge is 2.03. The predicted octanol–water partition coefficient (Wildman–Crippen LogP) is 2.79. The number of hydrogen-bond donors (Lipinski definition) is 2. The summed E-state index contributed by atoms with van der Waals surface area (Å²) in [6.45, 7) is 2.11. The summed E-state index contributed by atoms with van der Waals surface area (Å²) >= 11 is 8.16. The molecule has 5 heteroatoms. The summed E-state index contributed by atoms with van der Waals surface area (Å²) in [4.78, 5) is 0. The minimum Gasteiger partial charge on any atom is -0.375 e. The monoisotopic (exact) mass is 299 g/mol. The first-order valence-electron chi connectivity index (χ1n) is 5.01. The summed E-state index contributed by atoms with van der Waals surface area (Å²) in [5, 5.41) is 4.39. The summed E-state index contributed by atoms with van der Waals surface area (Å²) in [6.07, 6.45) is 1.90. The van der Waals surface area contributed by atoms with E-state index in [-0.39, 0.29) is 5.11 Å². The molecule has 0 aliphatic carbocycles. The van der Waals surface area contributed by atoms with Crippen molar-refractivity contribution in [2.24, 2.45) is 10.8 Å². The molecule has 0 saturated carbocycles. The number of thiocarbonyl (C=S) groups is 1. The van der Waals surface area contributed by atoms with Crippen LogP contribution in [0.2, 0.25) is 0 Å². The molecule has 0 saturated heterocycles. The molecular formula is C11H14BrN3S. The van der Waals surface area contributed by atoms with Crippen molar-refractivity contribution in [2.45, 2.75) is 19.8 Å². The molecule has 1 rings (SSSR count). The van der Waals surface area contributed by atoms with E-state index in [0.29, 0.717) is 0 Å². The van der Waals surface area contributed by atoms with E-state index in [0.717, 1.165) is 28.6 Å². The summed E-state index contributed by atoms with van der Waals surface area (Å²) in [7, 11) is 0. The first-order valence-corrected chi connectivity index (χ1v) is 6.21. The Hall–Kier alpha value is -0.940. The smallest absolute Gasteiger partial charge is 0.184 e. The SMILES string of the molecule is CCC/C(=N\NC(N)=S)c1cccc(Br)c1. The van der Waals surface area contributed by atoms with Gasteiger partial charge in [0.2, 0.25) is 0 Å². The highest BCUT2D eigenvalue weighted by atomic mass is 79.9. The van der Waals surface area contributed by atoms with Gasteiger partial charge >= 0.3 is 0 Å². The third kappa shape index (κ3) is 4.28. The van der Waals surface area contributed by atoms with E-state index < -0.39 is 0 Å². The minimum atomic E-state index is 0.184. The van der Waals surface area contributed by atoms with Gasteiger partial charge in [-0.2, -0.15) is 5.10 Å². The lowest BCUT2D eigenvalue weighted by Gasteiger charge is -2.06. The van der Waals surface area contributed by atoms with Gasteiger partial charge in [-0.3, -0.25) is 5.43 Å². The quantitative estimate of drug-likeness (QED) is 0.511. The predicted molar refractivity (Wildman–Crippen MR) is 75.5 cm³/mol. The fourth-order valence-corrected chi connectivity index (χ4v) is 1.74. The van der Waals surface area contributed by atoms with E-state index >= 15 is 0 Å². The average molecular weight is 300 g/mol. The maximum atomic E-state index is 5.35. The van der Waals surface area contributed by atoms with E-state index in [4.69, 9.17) is 18.0 Å². The van der Waals surface area contributed by atoms with E-state index in [2.05, 4.69) is 33.4 Å². The van der Waals surface area contributed by atoms with E-state index in [1.165, 1.54) is 0 Å². The number of halogens is 1. The van der Waals surface area contributed by atoms with E-state index in [9.17, 15) is 0 Å². The van der Waals surface area contributed by atoms with Crippen molar-refractivity contribution in [2.75, 3.05) is 0 Å². The molecule has 0 heterocycles. The zero-order chi connectivity index (χ0) is 12.0. The maximum Gasteiger partial charge on any atom is 0.184 e. The van der Waals surface area contributed by atoms with Gasteiger partial charge < -0.3 is 5.73 Å². The van der Waals surface area contributed by atoms with Crippen molar-refractivity contribution in [3.8, 4) is 0 Å². The fraction of sp³-hybridized carbons (Fsp3) is 0.273. The maximum absolute atomic E-state index is 5.35. The fourth-order valence-electron chi connectivity index (χ4n) is 1.29. The van der Waals surface area contributed by atoms with Gasteiger partial charge in [0.25, 0.3) is 0 Å². The van der Waals surface area contributed by atoms with E-state index in [1.807, 2.05) is 24.3 Å². The Labute approximate surface area is 109 Å². The number of rotatable bonds is 4. The van der Waals surface area contributed by atoms with Crippen molar-refractivity contribution in [1.82, 2.24) is 5.43 Å². The molecule has 0 unspecified atom stereocenters. The van der Waals surface area contributed by atoms with Crippen LogP contribution < -0.4 is 11.2 Å². The van der Waals surface area contributed by atoms with Gasteiger partial charge in [-0.15, -0.1) is 0 Å². The number of hydrogen-bond acceptors (Lipinski definition) is 2. The van der Waals surface area contributed by atoms with Crippen molar-refractivity contribution < 1.29 is 0 Å². The Bertz CT molecular complexity index is 404. The van der Waals surface area contributed by atoms with Crippen molar-refractivity contribution in [3.05, 3.63) is 34.3 Å². The second-order valence-corrected chi connectivity index (χ2v) is 4.65. The second kappa shape index (κ2) is 6.60. The molecule has 1 aromatic carbocycles. The lowest BCUT2D eigenvalue weighted by Crippen LogP contribution is -2.25. The molecule has 0 spiro atoms. The van der Waals surface area contributed by atoms with Crippen LogP contribution in [0.15, 0.2) is 33.8 Å². The zero-order valence-electron chi connectivity index (χ0n) is 9.03. The standard InChI is InChI=1S/C11H14BrN3S/c1-2-4-10(14-15-11(13)16)8-5-3-6-9(12)7-8/h3,5-7H,2,4H2,1H3,(H3,13,15,16)/b14-10+. The zero-order valence-corrected chi connectivity index (χ0v) is 11.4. The van der Waals surface area contributed by atoms with E-state index in [1.54, 1.807) is 0 Å². The van der Waals surface area contributed by atoms with Crippen LogP contribution in [-0.2, 0) is 0 Å². The Morgan fingerprint density at radius 2 is 2.31 bits per heavy atom. The molecule has 0 bridgehead atoms. The average Bonchev–Trinajstić information content (AvgIpc) is 2.24. The van der Waals surface area contributed by atoms with Crippen molar-refractivity contribution in [1.29, 1.82) is 0 Å². The molecule has 16 heavy (non-hydrogen) atoms. The summed E-state index contributed by atoms with van der Waals surface area (Å²) in [6, 6.07) is 8.00. The van der Waals surface area contributed by atoms with Crippen LogP contribution in [-0.4, -0.2) is 10.8 Å². The third-order valence-corrected chi connectivity index (χ3v) is 2.53. The van der Waals surface area contributed by atoms with Crippen molar-refractivity contribution in [3.63, 3.8) is 0 Å². The molecule has 0 aliphatic rings. The minimum absolute atomic E-state index is 0.184. The lowest BCUT2D eigenvalue weighted by atomic mass is 10.1. The third-order valence-electron chi connectivity index (χ3n) is 1.95. The molecule has 1 aromatic rings. The molecular weight excluding hydrogens is 286 g/mol. The van der Waals surface area contributed by atoms with Gasteiger partial charge in [0.1, 0.15) is 0 Å². The number of nitrogens with zero attached hydrogens (tertiary/aromatic N) is 1. The molecule has 0 aliphatic heterocycles. The Morgan fingerprint density at radius 1 is 1.56 bits per heavy atom. The largest absolute Gasteiger partial charge is 0.375 e. The number of benzene rings is 1. The summed E-state index contributed by atoms with van der Waals surface area (Å²) in [5.74, 6) is 0. The van der Waals surface area contributed by atoms with Gasteiger partial charge in [0.05, 0.1) is 5.71 Å². The molecule has 0 aromatic heterocycles. The Kier molecular flexibility index (Phi) is 5.42. The molecule has 3 N–H and O–H groups in total. The van der Waals surface area contributed by atoms with Crippen LogP contribution in [0.25, 0.3) is 0 Å². The Balaban J connectivity index is 2.92. The topological polar surface area (TPSA) is 50.4 Å². The van der Waals surface area contributed by atoms with Crippen LogP contribution in [0.4, 0.5) is 0 Å². The van der Waals surface area contributed by atoms with Crippen LogP contribution in [0.5, 0.6) is 0 Å². The summed E-state index contributed by atoms with van der Waals surface area (Å²) < 4.78 is 1.03. The molecule has 0 atom stereocenters. The van der Waals surface area contributed by atoms with Crippen molar-refractivity contribution >= 4 is 39.0 Å². The highest BCUT2D eigenvalue weighted by Crippen LogP contribution is 2.14. The Morgan fingerprint density at radius 3 is 2.88 bits per heavy atom. The van der Waals surface area contributed by atoms with Gasteiger partial charge in [-0.25, -0.2) is 0 Å². The van der Waals surface area contributed by atoms with Crippen LogP contribution in [0.3, 0.4) is 0 Å². The molecule has 0 fully saturated rings. The van der Waals surface area contributed by atoms with Gasteiger partial charge in [-0.1, -0.05) is 41.4 Å². The first kappa shape index (κ1) is 13.1. The number of nitrogens with two attached hydrogens (primary N) is 1. The van der Waals surface area contributed by atoms with Crippen LogP contribution >= 0.6 is 28.1 Å². The number of hydrazone groups is 1. The lowest BCUT2D eigenvalue weighted by molar-refractivity contribution is 0.951. The normalized spacial score (nSPS) is 11.2. The van der Waals surface area contributed by atoms with Crippen LogP contribution in [0, 0.1) is 0 Å². The van der Waals surface area contributed by atoms with Gasteiger partial charge in [0.15, 0.2) is 5.11 Å². The van der Waals surface area contributed by atoms with Gasteiger partial charge in [0, 0.05) is 4.47 Å². The highest BCUT2D eigenvalue weighted by molar-refractivity contribution is 9.10. The molecule has 0 amide bonds. The molecule has 86 valence electrons. The van der Waals surface area contributed by atoms with Gasteiger partial charge in [-0.05, 0) is 36.3 Å². The van der Waals surface area contributed by atoms with Crippen LogP contribution in [0.1, 0.15) is 25.3 Å². The summed E-state index contributed by atoms with van der Waals surface area (Å²) in [5.41, 5.74) is 10.0.